The lowest BCUT2D eigenvalue weighted by atomic mass is 10.1. The Morgan fingerprint density at radius 3 is 2.62 bits per heavy atom. The van der Waals surface area contributed by atoms with Crippen molar-refractivity contribution in [1.82, 2.24) is 0 Å². The second-order valence-corrected chi connectivity index (χ2v) is 5.57. The Morgan fingerprint density at radius 1 is 1.21 bits per heavy atom. The summed E-state index contributed by atoms with van der Waals surface area (Å²) in [5, 5.41) is 25.8. The van der Waals surface area contributed by atoms with Crippen molar-refractivity contribution >= 4 is 28.7 Å². The van der Waals surface area contributed by atoms with Crippen LogP contribution in [0.2, 0.25) is 0 Å². The minimum atomic E-state index is -0.540. The van der Waals surface area contributed by atoms with E-state index in [2.05, 4.69) is 10.6 Å². The fraction of sp³-hybridized carbons (Fsp3) is 0.176. The van der Waals surface area contributed by atoms with E-state index in [0.717, 1.165) is 12.8 Å². The van der Waals surface area contributed by atoms with Crippen molar-refractivity contribution < 1.29 is 9.72 Å². The summed E-state index contributed by atoms with van der Waals surface area (Å²) >= 11 is 0. The van der Waals surface area contributed by atoms with Crippen molar-refractivity contribution in [2.75, 3.05) is 10.6 Å². The molecular formula is C17H14N4O3. The molecule has 0 aliphatic heterocycles. The molecule has 1 amide bonds. The average Bonchev–Trinajstić information content (AvgIpc) is 3.40. The molecule has 0 atom stereocenters. The molecule has 1 aliphatic rings. The largest absolute Gasteiger partial charge is 0.350 e. The molecule has 0 bridgehead atoms. The number of benzene rings is 2. The molecular weight excluding hydrogens is 308 g/mol. The van der Waals surface area contributed by atoms with Crippen molar-refractivity contribution in [2.24, 2.45) is 5.92 Å². The molecule has 0 heterocycles. The molecule has 2 aromatic rings. The number of hydrogen-bond acceptors (Lipinski definition) is 5. The van der Waals surface area contributed by atoms with Crippen LogP contribution >= 0.6 is 0 Å². The first-order valence-corrected chi connectivity index (χ1v) is 7.43. The first kappa shape index (κ1) is 15.5. The number of rotatable bonds is 5. The fourth-order valence-electron chi connectivity index (χ4n) is 2.28. The minimum Gasteiger partial charge on any atom is -0.350 e. The van der Waals surface area contributed by atoms with Crippen LogP contribution in [0.25, 0.3) is 0 Å². The highest BCUT2D eigenvalue weighted by Gasteiger charge is 2.29. The van der Waals surface area contributed by atoms with Crippen LogP contribution < -0.4 is 10.6 Å². The smallest absolute Gasteiger partial charge is 0.293 e. The number of amides is 1. The Morgan fingerprint density at radius 2 is 1.96 bits per heavy atom. The Bertz CT molecular complexity index is 853. The lowest BCUT2D eigenvalue weighted by Crippen LogP contribution is -2.13. The van der Waals surface area contributed by atoms with Gasteiger partial charge in [-0.25, -0.2) is 0 Å². The second-order valence-electron chi connectivity index (χ2n) is 5.57. The highest BCUT2D eigenvalue weighted by atomic mass is 16.6. The van der Waals surface area contributed by atoms with Gasteiger partial charge in [-0.1, -0.05) is 6.07 Å². The maximum absolute atomic E-state index is 11.8. The van der Waals surface area contributed by atoms with Gasteiger partial charge in [-0.2, -0.15) is 5.26 Å². The number of hydrogen-bond donors (Lipinski definition) is 2. The van der Waals surface area contributed by atoms with Crippen LogP contribution in [0.5, 0.6) is 0 Å². The number of nitro benzene ring substituents is 1. The molecule has 0 unspecified atom stereocenters. The van der Waals surface area contributed by atoms with Gasteiger partial charge >= 0.3 is 0 Å². The molecule has 0 spiro atoms. The third kappa shape index (κ3) is 3.50. The van der Waals surface area contributed by atoms with E-state index in [1.54, 1.807) is 24.3 Å². The van der Waals surface area contributed by atoms with Crippen molar-refractivity contribution in [2.45, 2.75) is 12.8 Å². The lowest BCUT2D eigenvalue weighted by Gasteiger charge is -2.10. The van der Waals surface area contributed by atoms with Gasteiger partial charge in [0.15, 0.2) is 0 Å². The number of nitro groups is 1. The highest BCUT2D eigenvalue weighted by Crippen LogP contribution is 2.32. The Hall–Kier alpha value is -3.40. The van der Waals surface area contributed by atoms with Gasteiger partial charge in [0.25, 0.3) is 5.69 Å². The first-order valence-electron chi connectivity index (χ1n) is 7.43. The van der Waals surface area contributed by atoms with E-state index in [4.69, 9.17) is 5.26 Å². The van der Waals surface area contributed by atoms with E-state index in [1.165, 1.54) is 18.2 Å². The van der Waals surface area contributed by atoms with Crippen molar-refractivity contribution in [3.8, 4) is 6.07 Å². The van der Waals surface area contributed by atoms with E-state index in [1.807, 2.05) is 6.07 Å². The monoisotopic (exact) mass is 322 g/mol. The van der Waals surface area contributed by atoms with E-state index >= 15 is 0 Å². The summed E-state index contributed by atoms with van der Waals surface area (Å²) < 4.78 is 0. The van der Waals surface area contributed by atoms with Crippen LogP contribution in [0.1, 0.15) is 18.4 Å². The van der Waals surface area contributed by atoms with Crippen molar-refractivity contribution in [3.63, 3.8) is 0 Å². The third-order valence-corrected chi connectivity index (χ3v) is 3.68. The Kier molecular flexibility index (Phi) is 4.12. The summed E-state index contributed by atoms with van der Waals surface area (Å²) in [6.07, 6.45) is 1.84. The van der Waals surface area contributed by atoms with Crippen LogP contribution in [0.3, 0.4) is 0 Å². The van der Waals surface area contributed by atoms with Gasteiger partial charge in [0.1, 0.15) is 5.69 Å². The van der Waals surface area contributed by atoms with Gasteiger partial charge in [-0.05, 0) is 43.2 Å². The van der Waals surface area contributed by atoms with Crippen molar-refractivity contribution in [3.05, 3.63) is 58.1 Å². The molecule has 7 heteroatoms. The predicted octanol–water partition coefficient (Wildman–Crippen LogP) is 3.56. The Balaban J connectivity index is 1.82. The van der Waals surface area contributed by atoms with E-state index in [-0.39, 0.29) is 28.8 Å². The molecule has 120 valence electrons. The number of nitriles is 1. The molecule has 1 aliphatic carbocycles. The lowest BCUT2D eigenvalue weighted by molar-refractivity contribution is -0.383. The van der Waals surface area contributed by atoms with E-state index in [9.17, 15) is 14.9 Å². The average molecular weight is 322 g/mol. The van der Waals surface area contributed by atoms with Gasteiger partial charge in [0.2, 0.25) is 5.91 Å². The first-order chi connectivity index (χ1) is 11.6. The number of anilines is 3. The zero-order valence-electron chi connectivity index (χ0n) is 12.7. The van der Waals surface area contributed by atoms with Crippen LogP contribution in [-0.2, 0) is 4.79 Å². The van der Waals surface area contributed by atoms with Gasteiger partial charge < -0.3 is 10.6 Å². The van der Waals surface area contributed by atoms with E-state index in [0.29, 0.717) is 11.4 Å². The summed E-state index contributed by atoms with van der Waals surface area (Å²) in [5.74, 6) is 0.0951. The summed E-state index contributed by atoms with van der Waals surface area (Å²) in [6.45, 7) is 0. The normalized spacial score (nSPS) is 13.0. The van der Waals surface area contributed by atoms with Crippen molar-refractivity contribution in [1.29, 1.82) is 5.26 Å². The highest BCUT2D eigenvalue weighted by molar-refractivity contribution is 5.94. The zero-order chi connectivity index (χ0) is 17.1. The Labute approximate surface area is 138 Å². The summed E-state index contributed by atoms with van der Waals surface area (Å²) in [5.41, 5.74) is 1.56. The summed E-state index contributed by atoms with van der Waals surface area (Å²) in [4.78, 5) is 22.4. The summed E-state index contributed by atoms with van der Waals surface area (Å²) in [6, 6.07) is 13.1. The third-order valence-electron chi connectivity index (χ3n) is 3.68. The minimum absolute atomic E-state index is 0.00324. The van der Waals surface area contributed by atoms with Gasteiger partial charge in [-0.15, -0.1) is 0 Å². The SMILES string of the molecule is N#Cc1ccc(Nc2cccc(NC(=O)C3CC3)c2)c([N+](=O)[O-])c1. The molecule has 2 aromatic carbocycles. The van der Waals surface area contributed by atoms with Crippen LogP contribution in [0.4, 0.5) is 22.7 Å². The molecule has 2 N–H and O–H groups in total. The number of carbonyl (C=O) groups is 1. The predicted molar refractivity (Wildman–Crippen MR) is 88.9 cm³/mol. The van der Waals surface area contributed by atoms with Crippen LogP contribution in [0, 0.1) is 27.4 Å². The molecule has 0 radical (unpaired) electrons. The molecule has 7 nitrogen and oxygen atoms in total. The second kappa shape index (κ2) is 6.38. The number of carbonyl (C=O) groups excluding carboxylic acids is 1. The maximum atomic E-state index is 11.8. The van der Waals surface area contributed by atoms with Gasteiger partial charge in [-0.3, -0.25) is 14.9 Å². The molecule has 0 aromatic heterocycles. The summed E-state index contributed by atoms with van der Waals surface area (Å²) in [7, 11) is 0. The standard InChI is InChI=1S/C17H14N4O3/c18-10-11-4-7-15(16(8-11)21(23)24)19-13-2-1-3-14(9-13)20-17(22)12-5-6-12/h1-4,7-9,12,19H,5-6H2,(H,20,22). The van der Waals surface area contributed by atoms with Crippen LogP contribution in [-0.4, -0.2) is 10.8 Å². The number of nitrogens with one attached hydrogen (secondary N) is 2. The molecule has 24 heavy (non-hydrogen) atoms. The molecule has 3 rings (SSSR count). The topological polar surface area (TPSA) is 108 Å². The number of nitrogens with zero attached hydrogens (tertiary/aromatic N) is 2. The van der Waals surface area contributed by atoms with E-state index < -0.39 is 4.92 Å². The molecule has 1 saturated carbocycles. The molecule has 1 fully saturated rings. The maximum Gasteiger partial charge on any atom is 0.293 e. The van der Waals surface area contributed by atoms with Gasteiger partial charge in [0.05, 0.1) is 16.6 Å². The quantitative estimate of drug-likeness (QED) is 0.646. The van der Waals surface area contributed by atoms with Crippen LogP contribution in [0.15, 0.2) is 42.5 Å². The van der Waals surface area contributed by atoms with Gasteiger partial charge in [0, 0.05) is 23.4 Å². The fourth-order valence-corrected chi connectivity index (χ4v) is 2.28. The zero-order valence-corrected chi connectivity index (χ0v) is 12.7. The molecule has 0 saturated heterocycles.